The minimum atomic E-state index is -0.742. The van der Waals surface area contributed by atoms with Crippen molar-refractivity contribution < 1.29 is 14.3 Å². The summed E-state index contributed by atoms with van der Waals surface area (Å²) in [6.07, 6.45) is 3.59. The van der Waals surface area contributed by atoms with Gasteiger partial charge in [0, 0.05) is 30.1 Å². The van der Waals surface area contributed by atoms with Crippen molar-refractivity contribution in [3.8, 4) is 0 Å². The summed E-state index contributed by atoms with van der Waals surface area (Å²) in [5.41, 5.74) is 4.26. The molecule has 0 fully saturated rings. The van der Waals surface area contributed by atoms with Crippen LogP contribution in [-0.4, -0.2) is 29.1 Å². The lowest BCUT2D eigenvalue weighted by Crippen LogP contribution is -2.43. The first kappa shape index (κ1) is 20.2. The Kier molecular flexibility index (Phi) is 5.37. The van der Waals surface area contributed by atoms with Gasteiger partial charge in [-0.2, -0.15) is 0 Å². The Hall–Kier alpha value is -3.08. The fraction of sp³-hybridized carbons (Fsp3) is 0.360. The topological polar surface area (TPSA) is 60.3 Å². The molecule has 1 aromatic heterocycles. The molecule has 1 aliphatic rings. The summed E-state index contributed by atoms with van der Waals surface area (Å²) in [4.78, 5) is 25.4. The Morgan fingerprint density at radius 1 is 1.13 bits per heavy atom. The molecule has 5 heteroatoms. The number of para-hydroxylation sites is 1. The highest BCUT2D eigenvalue weighted by Crippen LogP contribution is 2.39. The Morgan fingerprint density at radius 2 is 1.90 bits per heavy atom. The third-order valence-electron chi connectivity index (χ3n) is 6.02. The molecule has 0 bridgehead atoms. The van der Waals surface area contributed by atoms with E-state index >= 15 is 0 Å². The number of nitrogens with one attached hydrogen (secondary N) is 1. The SMILES string of the molecule is CCOC(=O)C(Cc1cn2c3c(cccc13)C(C)(C)CC2)NC(=O)c1ccccc1. The summed E-state index contributed by atoms with van der Waals surface area (Å²) < 4.78 is 7.55. The number of nitrogens with zero attached hydrogens (tertiary/aromatic N) is 1. The highest BCUT2D eigenvalue weighted by Gasteiger charge is 2.31. The van der Waals surface area contributed by atoms with Crippen molar-refractivity contribution >= 4 is 22.8 Å². The minimum Gasteiger partial charge on any atom is -0.464 e. The molecule has 30 heavy (non-hydrogen) atoms. The van der Waals surface area contributed by atoms with Gasteiger partial charge >= 0.3 is 5.97 Å². The van der Waals surface area contributed by atoms with E-state index in [0.717, 1.165) is 23.9 Å². The van der Waals surface area contributed by atoms with E-state index in [4.69, 9.17) is 4.74 Å². The second kappa shape index (κ2) is 7.98. The molecule has 0 saturated heterocycles. The van der Waals surface area contributed by atoms with Gasteiger partial charge in [-0.05, 0) is 42.0 Å². The van der Waals surface area contributed by atoms with E-state index in [1.165, 1.54) is 11.1 Å². The number of ether oxygens (including phenoxy) is 1. The number of carbonyl (C=O) groups is 2. The van der Waals surface area contributed by atoms with Gasteiger partial charge in [-0.25, -0.2) is 4.79 Å². The zero-order valence-corrected chi connectivity index (χ0v) is 17.8. The normalized spacial score (nSPS) is 15.6. The van der Waals surface area contributed by atoms with Crippen LogP contribution in [0, 0.1) is 0 Å². The van der Waals surface area contributed by atoms with Crippen LogP contribution in [0.3, 0.4) is 0 Å². The quantitative estimate of drug-likeness (QED) is 0.626. The van der Waals surface area contributed by atoms with Crippen molar-refractivity contribution in [1.29, 1.82) is 0 Å². The fourth-order valence-electron chi connectivity index (χ4n) is 4.34. The lowest BCUT2D eigenvalue weighted by Gasteiger charge is -2.31. The van der Waals surface area contributed by atoms with E-state index in [1.54, 1.807) is 31.2 Å². The number of hydrogen-bond acceptors (Lipinski definition) is 3. The van der Waals surface area contributed by atoms with Gasteiger partial charge in [0.15, 0.2) is 0 Å². The summed E-state index contributed by atoms with van der Waals surface area (Å²) in [6, 6.07) is 14.6. The van der Waals surface area contributed by atoms with Crippen molar-refractivity contribution in [2.24, 2.45) is 0 Å². The van der Waals surface area contributed by atoms with Crippen molar-refractivity contribution in [1.82, 2.24) is 9.88 Å². The molecule has 0 radical (unpaired) electrons. The van der Waals surface area contributed by atoms with E-state index in [9.17, 15) is 9.59 Å². The van der Waals surface area contributed by atoms with Crippen molar-refractivity contribution in [3.63, 3.8) is 0 Å². The molecule has 0 spiro atoms. The third kappa shape index (κ3) is 3.72. The molecule has 3 aromatic rings. The molecule has 2 aromatic carbocycles. The molecule has 1 amide bonds. The summed E-state index contributed by atoms with van der Waals surface area (Å²) in [6.45, 7) is 7.55. The maximum absolute atomic E-state index is 12.7. The van der Waals surface area contributed by atoms with Crippen LogP contribution >= 0.6 is 0 Å². The highest BCUT2D eigenvalue weighted by molar-refractivity contribution is 5.97. The van der Waals surface area contributed by atoms with Crippen LogP contribution in [0.2, 0.25) is 0 Å². The molecule has 0 aliphatic carbocycles. The summed E-state index contributed by atoms with van der Waals surface area (Å²) in [5.74, 6) is -0.683. The first-order valence-electron chi connectivity index (χ1n) is 10.5. The number of amides is 1. The standard InChI is InChI=1S/C25H28N2O3/c1-4-30-24(29)21(26-23(28)17-9-6-5-7-10-17)15-18-16-27-14-13-25(2,3)20-12-8-11-19(18)22(20)27/h5-12,16,21H,4,13-15H2,1-3H3,(H,26,28). The minimum absolute atomic E-state index is 0.118. The fourth-order valence-corrected chi connectivity index (χ4v) is 4.34. The predicted molar refractivity (Wildman–Crippen MR) is 118 cm³/mol. The predicted octanol–water partition coefficient (Wildman–Crippen LogP) is 4.23. The molecular weight excluding hydrogens is 376 g/mol. The van der Waals surface area contributed by atoms with E-state index < -0.39 is 12.0 Å². The van der Waals surface area contributed by atoms with E-state index in [-0.39, 0.29) is 17.9 Å². The van der Waals surface area contributed by atoms with Crippen molar-refractivity contribution in [2.75, 3.05) is 6.61 Å². The highest BCUT2D eigenvalue weighted by atomic mass is 16.5. The largest absolute Gasteiger partial charge is 0.464 e. The summed E-state index contributed by atoms with van der Waals surface area (Å²) >= 11 is 0. The Labute approximate surface area is 177 Å². The summed E-state index contributed by atoms with van der Waals surface area (Å²) in [5, 5.41) is 4.02. The van der Waals surface area contributed by atoms with Gasteiger partial charge in [-0.1, -0.05) is 50.2 Å². The number of esters is 1. The molecule has 1 aliphatic heterocycles. The van der Waals surface area contributed by atoms with Gasteiger partial charge < -0.3 is 14.6 Å². The average molecular weight is 405 g/mol. The summed E-state index contributed by atoms with van der Waals surface area (Å²) in [7, 11) is 0. The molecule has 1 unspecified atom stereocenters. The van der Waals surface area contributed by atoms with Crippen LogP contribution in [0.25, 0.3) is 10.9 Å². The van der Waals surface area contributed by atoms with Crippen LogP contribution < -0.4 is 5.32 Å². The maximum Gasteiger partial charge on any atom is 0.328 e. The Morgan fingerprint density at radius 3 is 2.63 bits per heavy atom. The van der Waals surface area contributed by atoms with E-state index in [2.05, 4.69) is 48.1 Å². The monoisotopic (exact) mass is 404 g/mol. The maximum atomic E-state index is 12.7. The molecule has 0 saturated carbocycles. The molecule has 1 atom stereocenters. The first-order valence-corrected chi connectivity index (χ1v) is 10.5. The number of rotatable bonds is 6. The molecule has 2 heterocycles. The first-order chi connectivity index (χ1) is 14.4. The Balaban J connectivity index is 1.67. The number of aryl methyl sites for hydroxylation is 1. The number of aromatic nitrogens is 1. The lowest BCUT2D eigenvalue weighted by atomic mass is 9.78. The van der Waals surface area contributed by atoms with Crippen LogP contribution in [-0.2, 0) is 27.9 Å². The zero-order chi connectivity index (χ0) is 21.3. The molecule has 4 rings (SSSR count). The second-order valence-corrected chi connectivity index (χ2v) is 8.53. The number of hydrogen-bond donors (Lipinski definition) is 1. The van der Waals surface area contributed by atoms with E-state index in [0.29, 0.717) is 12.0 Å². The van der Waals surface area contributed by atoms with Crippen LogP contribution in [0.1, 0.15) is 48.7 Å². The van der Waals surface area contributed by atoms with Crippen LogP contribution in [0.15, 0.2) is 54.7 Å². The Bertz CT molecular complexity index is 1080. The zero-order valence-electron chi connectivity index (χ0n) is 17.8. The molecule has 1 N–H and O–H groups in total. The number of carbonyl (C=O) groups excluding carboxylic acids is 2. The van der Waals surface area contributed by atoms with Crippen molar-refractivity contribution in [3.05, 3.63) is 71.4 Å². The van der Waals surface area contributed by atoms with Gasteiger partial charge in [0.1, 0.15) is 6.04 Å². The van der Waals surface area contributed by atoms with Gasteiger partial charge in [0.25, 0.3) is 5.91 Å². The van der Waals surface area contributed by atoms with Crippen LogP contribution in [0.5, 0.6) is 0 Å². The van der Waals surface area contributed by atoms with Crippen LogP contribution in [0.4, 0.5) is 0 Å². The second-order valence-electron chi connectivity index (χ2n) is 8.53. The smallest absolute Gasteiger partial charge is 0.328 e. The van der Waals surface area contributed by atoms with Crippen molar-refractivity contribution in [2.45, 2.75) is 51.6 Å². The number of benzene rings is 2. The average Bonchev–Trinajstić information content (AvgIpc) is 3.10. The van der Waals surface area contributed by atoms with Gasteiger partial charge in [-0.3, -0.25) is 4.79 Å². The third-order valence-corrected chi connectivity index (χ3v) is 6.02. The molecule has 5 nitrogen and oxygen atoms in total. The van der Waals surface area contributed by atoms with E-state index in [1.807, 2.05) is 6.07 Å². The van der Waals surface area contributed by atoms with Gasteiger partial charge in [-0.15, -0.1) is 0 Å². The van der Waals surface area contributed by atoms with Gasteiger partial charge in [0.2, 0.25) is 0 Å². The molecular formula is C25H28N2O3. The lowest BCUT2D eigenvalue weighted by molar-refractivity contribution is -0.145. The molecule has 156 valence electrons. The van der Waals surface area contributed by atoms with Gasteiger partial charge in [0.05, 0.1) is 12.1 Å².